The van der Waals surface area contributed by atoms with Crippen molar-refractivity contribution in [3.63, 3.8) is 0 Å². The van der Waals surface area contributed by atoms with E-state index in [1.165, 1.54) is 25.2 Å². The first-order valence-electron chi connectivity index (χ1n) is 4.30. The van der Waals surface area contributed by atoms with E-state index in [9.17, 15) is 13.2 Å². The SMILES string of the molecule is CN(c1ccc(N)cc1C(=O)O)S(C)(=O)=O. The van der Waals surface area contributed by atoms with Crippen LogP contribution in [0.2, 0.25) is 0 Å². The lowest BCUT2D eigenvalue weighted by Gasteiger charge is -2.18. The molecular formula is C9H12N2O4S. The Balaban J connectivity index is 3.40. The van der Waals surface area contributed by atoms with E-state index < -0.39 is 16.0 Å². The Bertz CT molecular complexity index is 524. The molecule has 3 N–H and O–H groups in total. The zero-order chi connectivity index (χ0) is 12.5. The van der Waals surface area contributed by atoms with E-state index >= 15 is 0 Å². The quantitative estimate of drug-likeness (QED) is 0.748. The Morgan fingerprint density at radius 1 is 1.44 bits per heavy atom. The predicted molar refractivity (Wildman–Crippen MR) is 61.1 cm³/mol. The fourth-order valence-electron chi connectivity index (χ4n) is 1.18. The minimum absolute atomic E-state index is 0.0872. The monoisotopic (exact) mass is 244 g/mol. The summed E-state index contributed by atoms with van der Waals surface area (Å²) in [5.74, 6) is -1.22. The average molecular weight is 244 g/mol. The van der Waals surface area contributed by atoms with Gasteiger partial charge in [0.1, 0.15) is 0 Å². The molecule has 0 saturated heterocycles. The first kappa shape index (κ1) is 12.3. The summed E-state index contributed by atoms with van der Waals surface area (Å²) in [6.07, 6.45) is 0.995. The molecule has 0 aromatic heterocycles. The van der Waals surface area contributed by atoms with Crippen LogP contribution < -0.4 is 10.0 Å². The molecule has 0 saturated carbocycles. The zero-order valence-electron chi connectivity index (χ0n) is 8.84. The molecule has 16 heavy (non-hydrogen) atoms. The van der Waals surface area contributed by atoms with E-state index in [1.807, 2.05) is 0 Å². The lowest BCUT2D eigenvalue weighted by Crippen LogP contribution is -2.26. The number of nitrogen functional groups attached to an aromatic ring is 1. The molecule has 0 heterocycles. The Kier molecular flexibility index (Phi) is 3.09. The van der Waals surface area contributed by atoms with Crippen LogP contribution in [-0.4, -0.2) is 32.8 Å². The van der Waals surface area contributed by atoms with Gasteiger partial charge in [0.05, 0.1) is 17.5 Å². The van der Waals surface area contributed by atoms with E-state index in [-0.39, 0.29) is 16.9 Å². The first-order chi connectivity index (χ1) is 7.23. The van der Waals surface area contributed by atoms with Crippen molar-refractivity contribution in [1.82, 2.24) is 0 Å². The summed E-state index contributed by atoms with van der Waals surface area (Å²) >= 11 is 0. The maximum atomic E-state index is 11.3. The Labute approximate surface area is 93.3 Å². The van der Waals surface area contributed by atoms with E-state index in [2.05, 4.69) is 0 Å². The van der Waals surface area contributed by atoms with Gasteiger partial charge in [0, 0.05) is 12.7 Å². The van der Waals surface area contributed by atoms with Gasteiger partial charge in [-0.05, 0) is 18.2 Å². The predicted octanol–water partition coefficient (Wildman–Crippen LogP) is 0.363. The summed E-state index contributed by atoms with van der Waals surface area (Å²) in [5.41, 5.74) is 5.65. The van der Waals surface area contributed by atoms with Gasteiger partial charge in [-0.15, -0.1) is 0 Å². The number of nitrogens with zero attached hydrogens (tertiary/aromatic N) is 1. The van der Waals surface area contributed by atoms with Crippen LogP contribution in [0.25, 0.3) is 0 Å². The summed E-state index contributed by atoms with van der Waals surface area (Å²) < 4.78 is 23.5. The van der Waals surface area contributed by atoms with Gasteiger partial charge in [-0.3, -0.25) is 4.31 Å². The van der Waals surface area contributed by atoms with E-state index in [0.29, 0.717) is 0 Å². The maximum Gasteiger partial charge on any atom is 0.337 e. The summed E-state index contributed by atoms with van der Waals surface area (Å²) in [6.45, 7) is 0. The molecule has 0 bridgehead atoms. The van der Waals surface area contributed by atoms with Gasteiger partial charge in [0.15, 0.2) is 0 Å². The van der Waals surface area contributed by atoms with E-state index in [0.717, 1.165) is 10.6 Å². The highest BCUT2D eigenvalue weighted by Crippen LogP contribution is 2.23. The van der Waals surface area contributed by atoms with Gasteiger partial charge in [-0.25, -0.2) is 13.2 Å². The number of sulfonamides is 1. The lowest BCUT2D eigenvalue weighted by atomic mass is 10.1. The Morgan fingerprint density at radius 2 is 2.00 bits per heavy atom. The van der Waals surface area contributed by atoms with Gasteiger partial charge in [-0.2, -0.15) is 0 Å². The topological polar surface area (TPSA) is 101 Å². The van der Waals surface area contributed by atoms with Crippen molar-refractivity contribution in [3.05, 3.63) is 23.8 Å². The highest BCUT2D eigenvalue weighted by atomic mass is 32.2. The van der Waals surface area contributed by atoms with Crippen LogP contribution in [-0.2, 0) is 10.0 Å². The van der Waals surface area contributed by atoms with E-state index in [1.54, 1.807) is 0 Å². The second-order valence-corrected chi connectivity index (χ2v) is 5.33. The Hall–Kier alpha value is -1.76. The normalized spacial score (nSPS) is 11.1. The summed E-state index contributed by atoms with van der Waals surface area (Å²) in [6, 6.07) is 4.03. The van der Waals surface area contributed by atoms with Crippen LogP contribution in [0.5, 0.6) is 0 Å². The maximum absolute atomic E-state index is 11.3. The molecule has 88 valence electrons. The number of carboxylic acid groups (broad SMARTS) is 1. The number of hydrogen-bond donors (Lipinski definition) is 2. The average Bonchev–Trinajstić information content (AvgIpc) is 2.15. The number of aromatic carboxylic acids is 1. The summed E-state index contributed by atoms with van der Waals surface area (Å²) in [4.78, 5) is 10.9. The van der Waals surface area contributed by atoms with Gasteiger partial charge < -0.3 is 10.8 Å². The Morgan fingerprint density at radius 3 is 2.44 bits per heavy atom. The minimum atomic E-state index is -3.50. The molecule has 1 aromatic rings. The molecule has 0 aliphatic heterocycles. The van der Waals surface area contributed by atoms with Crippen molar-refractivity contribution >= 4 is 27.4 Å². The molecular weight excluding hydrogens is 232 g/mol. The lowest BCUT2D eigenvalue weighted by molar-refractivity contribution is 0.0698. The fourth-order valence-corrected chi connectivity index (χ4v) is 1.69. The number of carboxylic acids is 1. The number of nitrogens with two attached hydrogens (primary N) is 1. The molecule has 0 fully saturated rings. The van der Waals surface area contributed by atoms with Crippen LogP contribution in [0.1, 0.15) is 10.4 Å². The number of anilines is 2. The minimum Gasteiger partial charge on any atom is -0.478 e. The summed E-state index contributed by atoms with van der Waals surface area (Å²) in [5, 5.41) is 8.93. The molecule has 0 atom stereocenters. The molecule has 0 aliphatic rings. The van der Waals surface area contributed by atoms with Gasteiger partial charge in [-0.1, -0.05) is 0 Å². The molecule has 6 nitrogen and oxygen atoms in total. The molecule has 0 aliphatic carbocycles. The van der Waals surface area contributed by atoms with Gasteiger partial charge >= 0.3 is 5.97 Å². The molecule has 0 unspecified atom stereocenters. The molecule has 0 radical (unpaired) electrons. The summed E-state index contributed by atoms with van der Waals surface area (Å²) in [7, 11) is -2.21. The smallest absolute Gasteiger partial charge is 0.337 e. The first-order valence-corrected chi connectivity index (χ1v) is 6.15. The fraction of sp³-hybridized carbons (Fsp3) is 0.222. The number of benzene rings is 1. The van der Waals surface area contributed by atoms with Crippen molar-refractivity contribution in [2.45, 2.75) is 0 Å². The van der Waals surface area contributed by atoms with Crippen molar-refractivity contribution in [1.29, 1.82) is 0 Å². The van der Waals surface area contributed by atoms with Crippen molar-refractivity contribution in [2.75, 3.05) is 23.3 Å². The molecule has 7 heteroatoms. The third-order valence-corrected chi connectivity index (χ3v) is 3.28. The molecule has 1 aromatic carbocycles. The van der Waals surface area contributed by atoms with Crippen molar-refractivity contribution < 1.29 is 18.3 Å². The standard InChI is InChI=1S/C9H12N2O4S/c1-11(16(2,14)15)8-4-3-6(10)5-7(8)9(12)13/h3-5H,10H2,1-2H3,(H,12,13). The van der Waals surface area contributed by atoms with Crippen LogP contribution in [0.4, 0.5) is 11.4 Å². The number of hydrogen-bond acceptors (Lipinski definition) is 4. The van der Waals surface area contributed by atoms with Crippen LogP contribution in [0, 0.1) is 0 Å². The largest absolute Gasteiger partial charge is 0.478 e. The van der Waals surface area contributed by atoms with Crippen LogP contribution >= 0.6 is 0 Å². The second-order valence-electron chi connectivity index (χ2n) is 3.31. The van der Waals surface area contributed by atoms with Crippen molar-refractivity contribution in [3.8, 4) is 0 Å². The van der Waals surface area contributed by atoms with Crippen molar-refractivity contribution in [2.24, 2.45) is 0 Å². The highest BCUT2D eigenvalue weighted by Gasteiger charge is 2.19. The number of rotatable bonds is 3. The molecule has 1 rings (SSSR count). The van der Waals surface area contributed by atoms with Crippen LogP contribution in [0.15, 0.2) is 18.2 Å². The highest BCUT2D eigenvalue weighted by molar-refractivity contribution is 7.92. The third-order valence-electron chi connectivity index (χ3n) is 2.09. The van der Waals surface area contributed by atoms with Gasteiger partial charge in [0.25, 0.3) is 0 Å². The molecule has 0 amide bonds. The zero-order valence-corrected chi connectivity index (χ0v) is 9.65. The second kappa shape index (κ2) is 4.01. The van der Waals surface area contributed by atoms with Crippen LogP contribution in [0.3, 0.4) is 0 Å². The van der Waals surface area contributed by atoms with Gasteiger partial charge in [0.2, 0.25) is 10.0 Å². The molecule has 0 spiro atoms. The van der Waals surface area contributed by atoms with E-state index in [4.69, 9.17) is 10.8 Å². The third kappa shape index (κ3) is 2.43. The number of carbonyl (C=O) groups is 1.